The minimum Gasteiger partial charge on any atom is -0.489 e. The van der Waals surface area contributed by atoms with Gasteiger partial charge in [0.15, 0.2) is 0 Å². The predicted octanol–water partition coefficient (Wildman–Crippen LogP) is 6.16. The summed E-state index contributed by atoms with van der Waals surface area (Å²) in [5, 5.41) is 3.15. The zero-order chi connectivity index (χ0) is 22.5. The van der Waals surface area contributed by atoms with E-state index in [9.17, 15) is 0 Å². The second kappa shape index (κ2) is 10.1. The fourth-order valence-corrected chi connectivity index (χ4v) is 5.06. The van der Waals surface area contributed by atoms with E-state index in [1.54, 1.807) is 11.3 Å². The van der Waals surface area contributed by atoms with Crippen molar-refractivity contribution in [3.8, 4) is 11.5 Å². The summed E-state index contributed by atoms with van der Waals surface area (Å²) in [5.41, 5.74) is 13.3. The Morgan fingerprint density at radius 1 is 0.848 bits per heavy atom. The minimum absolute atomic E-state index is 0.545. The van der Waals surface area contributed by atoms with Crippen LogP contribution in [0.15, 0.2) is 72.2 Å². The predicted molar refractivity (Wildman–Crippen MR) is 134 cm³/mol. The van der Waals surface area contributed by atoms with E-state index in [2.05, 4.69) is 29.2 Å². The molecule has 0 saturated carbocycles. The third-order valence-corrected chi connectivity index (χ3v) is 7.01. The van der Waals surface area contributed by atoms with Crippen LogP contribution in [0.1, 0.15) is 39.2 Å². The van der Waals surface area contributed by atoms with Crippen molar-refractivity contribution >= 4 is 17.0 Å². The van der Waals surface area contributed by atoms with Crippen LogP contribution >= 0.6 is 11.3 Å². The molecule has 0 fully saturated rings. The van der Waals surface area contributed by atoms with Crippen molar-refractivity contribution in [1.29, 1.82) is 0 Å². The van der Waals surface area contributed by atoms with Crippen LogP contribution in [0.4, 0.5) is 5.69 Å². The number of nitrogen functional groups attached to an aromatic ring is 1. The van der Waals surface area contributed by atoms with Gasteiger partial charge in [-0.15, -0.1) is 11.3 Å². The first-order chi connectivity index (χ1) is 16.3. The number of benzene rings is 3. The third-order valence-electron chi connectivity index (χ3n) is 6.17. The summed E-state index contributed by atoms with van der Waals surface area (Å²) in [4.78, 5) is 4.43. The fourth-order valence-electron chi connectivity index (χ4n) is 4.44. The topological polar surface area (TPSA) is 57.4 Å². The van der Waals surface area contributed by atoms with E-state index in [0.29, 0.717) is 13.2 Å². The smallest absolute Gasteiger partial charge is 0.123 e. The second-order valence-corrected chi connectivity index (χ2v) is 9.36. The van der Waals surface area contributed by atoms with Gasteiger partial charge in [0.2, 0.25) is 0 Å². The number of hydrogen-bond acceptors (Lipinski definition) is 5. The highest BCUT2D eigenvalue weighted by Gasteiger charge is 2.18. The number of fused-ring (bicyclic) bond motifs is 1. The first-order valence-corrected chi connectivity index (χ1v) is 12.3. The first-order valence-electron chi connectivity index (χ1n) is 11.5. The number of thiazole rings is 1. The Labute approximate surface area is 199 Å². The number of anilines is 1. The average molecular weight is 457 g/mol. The van der Waals surface area contributed by atoms with Crippen LogP contribution < -0.4 is 15.2 Å². The summed E-state index contributed by atoms with van der Waals surface area (Å²) in [7, 11) is 0. The largest absolute Gasteiger partial charge is 0.489 e. The maximum absolute atomic E-state index is 6.24. The number of nitrogens with two attached hydrogens (primary N) is 1. The van der Waals surface area contributed by atoms with E-state index in [-0.39, 0.29) is 0 Å². The Bertz CT molecular complexity index is 1210. The standard InChI is InChI=1S/C28H28N2O2S/c29-26-12-9-22(24-7-4-8-25(24)26)19-31-23-11-13-27(32-18-20-5-2-1-3-6-20)21(17-23)10-14-28-30-15-16-33-28/h1-3,5-6,9,11-13,15-17H,4,7-8,10,14,18-19,29H2. The van der Waals surface area contributed by atoms with Gasteiger partial charge in [0.1, 0.15) is 24.7 Å². The SMILES string of the molecule is Nc1ccc(COc2ccc(OCc3ccccc3)c(CCc3nccs3)c2)c2c1CCC2. The number of nitrogens with zero attached hydrogens (tertiary/aromatic N) is 1. The minimum atomic E-state index is 0.545. The molecule has 0 saturated heterocycles. The Kier molecular flexibility index (Phi) is 6.58. The normalized spacial score (nSPS) is 12.5. The Morgan fingerprint density at radius 2 is 1.73 bits per heavy atom. The number of aryl methyl sites for hydroxylation is 2. The van der Waals surface area contributed by atoms with Gasteiger partial charge in [-0.1, -0.05) is 36.4 Å². The van der Waals surface area contributed by atoms with Gasteiger partial charge < -0.3 is 15.2 Å². The molecule has 0 unspecified atom stereocenters. The van der Waals surface area contributed by atoms with Crippen LogP contribution in [0.5, 0.6) is 11.5 Å². The van der Waals surface area contributed by atoms with Gasteiger partial charge in [-0.25, -0.2) is 4.98 Å². The summed E-state index contributed by atoms with van der Waals surface area (Å²) in [6.07, 6.45) is 6.93. The zero-order valence-corrected chi connectivity index (χ0v) is 19.4. The Morgan fingerprint density at radius 3 is 2.58 bits per heavy atom. The van der Waals surface area contributed by atoms with E-state index in [1.165, 1.54) is 23.1 Å². The first kappa shape index (κ1) is 21.5. The maximum Gasteiger partial charge on any atom is 0.123 e. The third kappa shape index (κ3) is 5.20. The van der Waals surface area contributed by atoms with Crippen molar-refractivity contribution in [3.05, 3.63) is 105 Å². The van der Waals surface area contributed by atoms with Crippen LogP contribution in [0.25, 0.3) is 0 Å². The fraction of sp³-hybridized carbons (Fsp3) is 0.250. The highest BCUT2D eigenvalue weighted by atomic mass is 32.1. The molecule has 0 radical (unpaired) electrons. The van der Waals surface area contributed by atoms with Gasteiger partial charge in [-0.05, 0) is 77.8 Å². The van der Waals surface area contributed by atoms with Crippen molar-refractivity contribution < 1.29 is 9.47 Å². The number of aromatic nitrogens is 1. The van der Waals surface area contributed by atoms with E-state index in [0.717, 1.165) is 59.0 Å². The molecule has 5 heteroatoms. The zero-order valence-electron chi connectivity index (χ0n) is 18.6. The Balaban J connectivity index is 1.32. The van der Waals surface area contributed by atoms with Gasteiger partial charge in [0.25, 0.3) is 0 Å². The average Bonchev–Trinajstić information content (AvgIpc) is 3.55. The number of rotatable bonds is 9. The molecule has 1 heterocycles. The van der Waals surface area contributed by atoms with Crippen molar-refractivity contribution in [3.63, 3.8) is 0 Å². The lowest BCUT2D eigenvalue weighted by Gasteiger charge is -2.15. The van der Waals surface area contributed by atoms with E-state index in [4.69, 9.17) is 15.2 Å². The van der Waals surface area contributed by atoms with Crippen LogP contribution in [0.2, 0.25) is 0 Å². The molecular formula is C28H28N2O2S. The quantitative estimate of drug-likeness (QED) is 0.307. The molecule has 0 atom stereocenters. The Hall–Kier alpha value is -3.31. The molecule has 0 spiro atoms. The monoisotopic (exact) mass is 456 g/mol. The molecule has 168 valence electrons. The molecule has 0 amide bonds. The number of ether oxygens (including phenoxy) is 2. The van der Waals surface area contributed by atoms with Crippen molar-refractivity contribution in [2.75, 3.05) is 5.73 Å². The molecule has 0 bridgehead atoms. The second-order valence-electron chi connectivity index (χ2n) is 8.38. The highest BCUT2D eigenvalue weighted by Crippen LogP contribution is 2.32. The summed E-state index contributed by atoms with van der Waals surface area (Å²) in [6.45, 7) is 1.10. The van der Waals surface area contributed by atoms with Crippen molar-refractivity contribution in [1.82, 2.24) is 4.98 Å². The molecule has 33 heavy (non-hydrogen) atoms. The van der Waals surface area contributed by atoms with Gasteiger partial charge in [0.05, 0.1) is 5.01 Å². The van der Waals surface area contributed by atoms with Gasteiger partial charge in [0, 0.05) is 23.7 Å². The van der Waals surface area contributed by atoms with Crippen LogP contribution in [-0.2, 0) is 38.9 Å². The van der Waals surface area contributed by atoms with Crippen LogP contribution in [0.3, 0.4) is 0 Å². The van der Waals surface area contributed by atoms with Crippen LogP contribution in [0, 0.1) is 0 Å². The maximum atomic E-state index is 6.24. The molecule has 1 aliphatic carbocycles. The molecule has 1 aromatic heterocycles. The summed E-state index contributed by atoms with van der Waals surface area (Å²) in [6, 6.07) is 20.5. The van der Waals surface area contributed by atoms with E-state index in [1.807, 2.05) is 48.0 Å². The summed E-state index contributed by atoms with van der Waals surface area (Å²) < 4.78 is 12.4. The van der Waals surface area contributed by atoms with E-state index < -0.39 is 0 Å². The van der Waals surface area contributed by atoms with Crippen molar-refractivity contribution in [2.45, 2.75) is 45.3 Å². The molecular weight excluding hydrogens is 428 g/mol. The molecule has 3 aromatic carbocycles. The molecule has 4 nitrogen and oxygen atoms in total. The lowest BCUT2D eigenvalue weighted by molar-refractivity contribution is 0.294. The van der Waals surface area contributed by atoms with Gasteiger partial charge in [-0.2, -0.15) is 0 Å². The van der Waals surface area contributed by atoms with Crippen LogP contribution in [-0.4, -0.2) is 4.98 Å². The molecule has 1 aliphatic rings. The molecule has 2 N–H and O–H groups in total. The highest BCUT2D eigenvalue weighted by molar-refractivity contribution is 7.09. The number of hydrogen-bond donors (Lipinski definition) is 1. The molecule has 4 aromatic rings. The van der Waals surface area contributed by atoms with E-state index >= 15 is 0 Å². The van der Waals surface area contributed by atoms with Crippen molar-refractivity contribution in [2.24, 2.45) is 0 Å². The lowest BCUT2D eigenvalue weighted by Crippen LogP contribution is -2.04. The van der Waals surface area contributed by atoms with Gasteiger partial charge in [-0.3, -0.25) is 0 Å². The molecule has 5 rings (SSSR count). The van der Waals surface area contributed by atoms with Gasteiger partial charge >= 0.3 is 0 Å². The summed E-state index contributed by atoms with van der Waals surface area (Å²) in [5.74, 6) is 1.76. The molecule has 0 aliphatic heterocycles. The lowest BCUT2D eigenvalue weighted by atomic mass is 10.0. The summed E-state index contributed by atoms with van der Waals surface area (Å²) >= 11 is 1.69.